The fourth-order valence-corrected chi connectivity index (χ4v) is 2.83. The molecule has 1 saturated heterocycles. The van der Waals surface area contributed by atoms with Gasteiger partial charge in [0.1, 0.15) is 0 Å². The Balaban J connectivity index is 2.25. The molecule has 4 heteroatoms. The standard InChI is InChI=1S/C15H25N3O/c1-10(2)14-13(12(4)16-17-14)15(19)18-8-6-5-7-11(3)9-18/h10-11H,5-9H2,1-4H3,(H,16,17). The largest absolute Gasteiger partial charge is 0.338 e. The third-order valence-electron chi connectivity index (χ3n) is 3.93. The number of aryl methyl sites for hydroxylation is 1. The van der Waals surface area contributed by atoms with Gasteiger partial charge in [-0.3, -0.25) is 9.89 Å². The van der Waals surface area contributed by atoms with Crippen LogP contribution in [0.1, 0.15) is 67.7 Å². The van der Waals surface area contributed by atoms with Gasteiger partial charge in [0.15, 0.2) is 0 Å². The molecule has 1 unspecified atom stereocenters. The molecule has 2 heterocycles. The lowest BCUT2D eigenvalue weighted by atomic mass is 10.0. The van der Waals surface area contributed by atoms with Crippen molar-refractivity contribution >= 4 is 5.91 Å². The number of hydrogen-bond donors (Lipinski definition) is 1. The second-order valence-corrected chi connectivity index (χ2v) is 6.12. The van der Waals surface area contributed by atoms with Crippen LogP contribution in [-0.2, 0) is 0 Å². The second-order valence-electron chi connectivity index (χ2n) is 6.12. The monoisotopic (exact) mass is 263 g/mol. The minimum Gasteiger partial charge on any atom is -0.338 e. The quantitative estimate of drug-likeness (QED) is 0.891. The first-order valence-corrected chi connectivity index (χ1v) is 7.34. The van der Waals surface area contributed by atoms with Crippen LogP contribution in [0.2, 0.25) is 0 Å². The second kappa shape index (κ2) is 5.76. The Morgan fingerprint density at radius 1 is 1.42 bits per heavy atom. The molecule has 1 N–H and O–H groups in total. The Kier molecular flexibility index (Phi) is 4.27. The number of nitrogens with zero attached hydrogens (tertiary/aromatic N) is 2. The molecule has 1 aromatic rings. The van der Waals surface area contributed by atoms with Crippen LogP contribution < -0.4 is 0 Å². The first kappa shape index (κ1) is 14.1. The van der Waals surface area contributed by atoms with Crippen LogP contribution in [-0.4, -0.2) is 34.1 Å². The van der Waals surface area contributed by atoms with Crippen LogP contribution in [0.15, 0.2) is 0 Å². The van der Waals surface area contributed by atoms with Gasteiger partial charge in [-0.2, -0.15) is 5.10 Å². The van der Waals surface area contributed by atoms with Gasteiger partial charge in [0, 0.05) is 18.8 Å². The van der Waals surface area contributed by atoms with E-state index in [1.807, 2.05) is 11.8 Å². The van der Waals surface area contributed by atoms with Crippen LogP contribution >= 0.6 is 0 Å². The average molecular weight is 263 g/mol. The van der Waals surface area contributed by atoms with E-state index in [1.165, 1.54) is 12.8 Å². The van der Waals surface area contributed by atoms with E-state index in [-0.39, 0.29) is 11.8 Å². The number of likely N-dealkylation sites (tertiary alicyclic amines) is 1. The number of rotatable bonds is 2. The Morgan fingerprint density at radius 3 is 2.84 bits per heavy atom. The first-order chi connectivity index (χ1) is 9.00. The molecule has 1 fully saturated rings. The van der Waals surface area contributed by atoms with E-state index in [4.69, 9.17) is 0 Å². The molecule has 1 atom stereocenters. The maximum Gasteiger partial charge on any atom is 0.257 e. The number of hydrogen-bond acceptors (Lipinski definition) is 2. The maximum absolute atomic E-state index is 12.8. The van der Waals surface area contributed by atoms with Gasteiger partial charge in [-0.05, 0) is 31.6 Å². The van der Waals surface area contributed by atoms with Crippen molar-refractivity contribution in [1.29, 1.82) is 0 Å². The number of H-pyrrole nitrogens is 1. The van der Waals surface area contributed by atoms with Gasteiger partial charge in [0.25, 0.3) is 5.91 Å². The number of nitrogens with one attached hydrogen (secondary N) is 1. The van der Waals surface area contributed by atoms with Crippen molar-refractivity contribution in [2.45, 2.75) is 52.9 Å². The zero-order valence-corrected chi connectivity index (χ0v) is 12.5. The van der Waals surface area contributed by atoms with Gasteiger partial charge in [0.05, 0.1) is 11.3 Å². The molecule has 0 spiro atoms. The number of carbonyl (C=O) groups excluding carboxylic acids is 1. The molecule has 19 heavy (non-hydrogen) atoms. The van der Waals surface area contributed by atoms with E-state index < -0.39 is 0 Å². The fraction of sp³-hybridized carbons (Fsp3) is 0.733. The molecular formula is C15H25N3O. The zero-order chi connectivity index (χ0) is 14.0. The Hall–Kier alpha value is -1.32. The molecule has 0 radical (unpaired) electrons. The predicted octanol–water partition coefficient (Wildman–Crippen LogP) is 3.10. The highest BCUT2D eigenvalue weighted by molar-refractivity contribution is 5.96. The highest BCUT2D eigenvalue weighted by atomic mass is 16.2. The summed E-state index contributed by atoms with van der Waals surface area (Å²) in [6.45, 7) is 10.1. The smallest absolute Gasteiger partial charge is 0.257 e. The van der Waals surface area contributed by atoms with Gasteiger partial charge >= 0.3 is 0 Å². The molecule has 1 amide bonds. The van der Waals surface area contributed by atoms with E-state index in [1.54, 1.807) is 0 Å². The van der Waals surface area contributed by atoms with E-state index in [0.717, 1.165) is 36.5 Å². The lowest BCUT2D eigenvalue weighted by Crippen LogP contribution is -2.34. The summed E-state index contributed by atoms with van der Waals surface area (Å²) in [5.41, 5.74) is 2.59. The molecule has 4 nitrogen and oxygen atoms in total. The topological polar surface area (TPSA) is 49.0 Å². The summed E-state index contributed by atoms with van der Waals surface area (Å²) >= 11 is 0. The third kappa shape index (κ3) is 2.99. The van der Waals surface area contributed by atoms with Crippen LogP contribution in [0.25, 0.3) is 0 Å². The lowest BCUT2D eigenvalue weighted by molar-refractivity contribution is 0.0742. The summed E-state index contributed by atoms with van der Waals surface area (Å²) in [6.07, 6.45) is 3.57. The molecule has 1 aliphatic rings. The minimum atomic E-state index is 0.156. The highest BCUT2D eigenvalue weighted by Gasteiger charge is 2.26. The minimum absolute atomic E-state index is 0.156. The lowest BCUT2D eigenvalue weighted by Gasteiger charge is -2.23. The molecule has 1 aliphatic heterocycles. The third-order valence-corrected chi connectivity index (χ3v) is 3.93. The van der Waals surface area contributed by atoms with E-state index in [9.17, 15) is 4.79 Å². The van der Waals surface area contributed by atoms with Crippen LogP contribution in [0, 0.1) is 12.8 Å². The van der Waals surface area contributed by atoms with Crippen molar-refractivity contribution < 1.29 is 4.79 Å². The van der Waals surface area contributed by atoms with Crippen molar-refractivity contribution in [3.8, 4) is 0 Å². The number of aromatic amines is 1. The molecule has 106 valence electrons. The maximum atomic E-state index is 12.8. The fourth-order valence-electron chi connectivity index (χ4n) is 2.83. The number of aromatic nitrogens is 2. The van der Waals surface area contributed by atoms with E-state index >= 15 is 0 Å². The van der Waals surface area contributed by atoms with Crippen molar-refractivity contribution in [3.05, 3.63) is 17.0 Å². The summed E-state index contributed by atoms with van der Waals surface area (Å²) in [6, 6.07) is 0. The summed E-state index contributed by atoms with van der Waals surface area (Å²) in [5.74, 6) is 1.03. The van der Waals surface area contributed by atoms with Crippen LogP contribution in [0.4, 0.5) is 0 Å². The van der Waals surface area contributed by atoms with Crippen molar-refractivity contribution in [3.63, 3.8) is 0 Å². The van der Waals surface area contributed by atoms with Crippen molar-refractivity contribution in [2.24, 2.45) is 5.92 Å². The van der Waals surface area contributed by atoms with Crippen LogP contribution in [0.3, 0.4) is 0 Å². The summed E-state index contributed by atoms with van der Waals surface area (Å²) in [5, 5.41) is 7.27. The Bertz CT molecular complexity index is 450. The summed E-state index contributed by atoms with van der Waals surface area (Å²) in [4.78, 5) is 14.8. The number of carbonyl (C=O) groups is 1. The molecule has 2 rings (SSSR count). The SMILES string of the molecule is Cc1[nH]nc(C(C)C)c1C(=O)N1CCCCC(C)C1. The van der Waals surface area contributed by atoms with Gasteiger partial charge < -0.3 is 4.90 Å². The van der Waals surface area contributed by atoms with Gasteiger partial charge in [-0.1, -0.05) is 27.2 Å². The molecule has 0 aliphatic carbocycles. The van der Waals surface area contributed by atoms with Gasteiger partial charge in [-0.25, -0.2) is 0 Å². The molecule has 0 saturated carbocycles. The summed E-state index contributed by atoms with van der Waals surface area (Å²) < 4.78 is 0. The van der Waals surface area contributed by atoms with Crippen molar-refractivity contribution in [1.82, 2.24) is 15.1 Å². The zero-order valence-electron chi connectivity index (χ0n) is 12.5. The van der Waals surface area contributed by atoms with Gasteiger partial charge in [0.2, 0.25) is 0 Å². The summed E-state index contributed by atoms with van der Waals surface area (Å²) in [7, 11) is 0. The average Bonchev–Trinajstić information content (AvgIpc) is 2.60. The van der Waals surface area contributed by atoms with E-state index in [0.29, 0.717) is 5.92 Å². The Morgan fingerprint density at radius 2 is 2.16 bits per heavy atom. The first-order valence-electron chi connectivity index (χ1n) is 7.34. The Labute approximate surface area is 115 Å². The molecule has 0 bridgehead atoms. The van der Waals surface area contributed by atoms with Gasteiger partial charge in [-0.15, -0.1) is 0 Å². The predicted molar refractivity (Wildman–Crippen MR) is 76.3 cm³/mol. The number of amides is 1. The normalized spacial score (nSPS) is 20.7. The van der Waals surface area contributed by atoms with Crippen LogP contribution in [0.5, 0.6) is 0 Å². The molecular weight excluding hydrogens is 238 g/mol. The van der Waals surface area contributed by atoms with E-state index in [2.05, 4.69) is 31.0 Å². The highest BCUT2D eigenvalue weighted by Crippen LogP contribution is 2.23. The molecule has 1 aromatic heterocycles. The molecule has 0 aromatic carbocycles. The van der Waals surface area contributed by atoms with Crippen molar-refractivity contribution in [2.75, 3.05) is 13.1 Å².